The number of allylic oxidation sites excluding steroid dienone is 3. The molecular weight excluding hydrogens is 226 g/mol. The standard InChI is InChI=1S/C14H21N3O/c1-9(15)6-10-7-11(18)13-14(8-10)5-3-2-4-12(14)16-17-13/h3,5,7,9-10,12,16,18H,2,4,6,8,15H2,1H3. The Hall–Kier alpha value is -1.29. The van der Waals surface area contributed by atoms with Gasteiger partial charge in [-0.05, 0) is 44.6 Å². The van der Waals surface area contributed by atoms with Crippen molar-refractivity contribution < 1.29 is 5.11 Å². The zero-order valence-electron chi connectivity index (χ0n) is 10.8. The number of hydrogen-bond donors (Lipinski definition) is 3. The van der Waals surface area contributed by atoms with Gasteiger partial charge < -0.3 is 16.3 Å². The minimum atomic E-state index is -0.101. The molecule has 0 fully saturated rings. The van der Waals surface area contributed by atoms with E-state index in [1.54, 1.807) is 0 Å². The maximum Gasteiger partial charge on any atom is 0.136 e. The van der Waals surface area contributed by atoms with Crippen molar-refractivity contribution >= 4 is 5.71 Å². The van der Waals surface area contributed by atoms with E-state index in [-0.39, 0.29) is 11.5 Å². The summed E-state index contributed by atoms with van der Waals surface area (Å²) in [4.78, 5) is 0. The van der Waals surface area contributed by atoms with Crippen molar-refractivity contribution in [2.24, 2.45) is 22.2 Å². The first-order valence-corrected chi connectivity index (χ1v) is 6.80. The highest BCUT2D eigenvalue weighted by atomic mass is 16.3. The number of rotatable bonds is 2. The van der Waals surface area contributed by atoms with Crippen molar-refractivity contribution in [2.45, 2.75) is 44.7 Å². The van der Waals surface area contributed by atoms with Gasteiger partial charge in [0.05, 0.1) is 11.5 Å². The molecule has 0 aromatic rings. The van der Waals surface area contributed by atoms with Crippen LogP contribution < -0.4 is 11.2 Å². The fourth-order valence-corrected chi connectivity index (χ4v) is 3.63. The van der Waals surface area contributed by atoms with Crippen molar-refractivity contribution in [3.63, 3.8) is 0 Å². The zero-order chi connectivity index (χ0) is 12.8. The van der Waals surface area contributed by atoms with Gasteiger partial charge in [-0.15, -0.1) is 0 Å². The van der Waals surface area contributed by atoms with E-state index in [2.05, 4.69) is 22.7 Å². The van der Waals surface area contributed by atoms with E-state index >= 15 is 0 Å². The van der Waals surface area contributed by atoms with Gasteiger partial charge in [0.15, 0.2) is 0 Å². The lowest BCUT2D eigenvalue weighted by atomic mass is 9.63. The number of aliphatic hydroxyl groups is 1. The summed E-state index contributed by atoms with van der Waals surface area (Å²) in [5.41, 5.74) is 9.82. The van der Waals surface area contributed by atoms with Gasteiger partial charge >= 0.3 is 0 Å². The van der Waals surface area contributed by atoms with E-state index in [0.29, 0.717) is 17.7 Å². The van der Waals surface area contributed by atoms with Crippen LogP contribution >= 0.6 is 0 Å². The monoisotopic (exact) mass is 247 g/mol. The highest BCUT2D eigenvalue weighted by Gasteiger charge is 2.51. The zero-order valence-corrected chi connectivity index (χ0v) is 10.8. The largest absolute Gasteiger partial charge is 0.506 e. The first-order chi connectivity index (χ1) is 8.62. The van der Waals surface area contributed by atoms with Gasteiger partial charge in [0.25, 0.3) is 0 Å². The Morgan fingerprint density at radius 3 is 3.28 bits per heavy atom. The van der Waals surface area contributed by atoms with Crippen molar-refractivity contribution in [3.8, 4) is 0 Å². The molecule has 1 aliphatic heterocycles. The first kappa shape index (κ1) is 11.8. The Morgan fingerprint density at radius 2 is 2.50 bits per heavy atom. The predicted molar refractivity (Wildman–Crippen MR) is 72.3 cm³/mol. The third-order valence-corrected chi connectivity index (χ3v) is 4.34. The minimum Gasteiger partial charge on any atom is -0.506 e. The maximum atomic E-state index is 10.2. The van der Waals surface area contributed by atoms with E-state index in [4.69, 9.17) is 5.73 Å². The molecule has 0 aromatic carbocycles. The molecule has 0 radical (unpaired) electrons. The van der Waals surface area contributed by atoms with E-state index in [9.17, 15) is 5.11 Å². The summed E-state index contributed by atoms with van der Waals surface area (Å²) in [7, 11) is 0. The second-order valence-corrected chi connectivity index (χ2v) is 5.89. The molecule has 3 aliphatic rings. The quantitative estimate of drug-likeness (QED) is 0.652. The van der Waals surface area contributed by atoms with Crippen molar-refractivity contribution in [1.29, 1.82) is 0 Å². The molecule has 4 heteroatoms. The molecule has 4 atom stereocenters. The van der Waals surface area contributed by atoms with Gasteiger partial charge in [0.2, 0.25) is 0 Å². The van der Waals surface area contributed by atoms with E-state index in [1.807, 2.05) is 13.0 Å². The minimum absolute atomic E-state index is 0.101. The fourth-order valence-electron chi connectivity index (χ4n) is 3.63. The lowest BCUT2D eigenvalue weighted by Gasteiger charge is -2.40. The Morgan fingerprint density at radius 1 is 1.67 bits per heavy atom. The van der Waals surface area contributed by atoms with Crippen LogP contribution in [-0.4, -0.2) is 22.9 Å². The summed E-state index contributed by atoms with van der Waals surface area (Å²) in [5.74, 6) is 0.683. The molecule has 0 bridgehead atoms. The van der Waals surface area contributed by atoms with Gasteiger partial charge in [-0.1, -0.05) is 12.2 Å². The SMILES string of the molecule is CC(N)CC1C=C(O)C2=NNC3CCC=CC23C1. The molecule has 1 heterocycles. The highest BCUT2D eigenvalue weighted by molar-refractivity contribution is 6.06. The Kier molecular flexibility index (Phi) is 2.70. The molecule has 98 valence electrons. The van der Waals surface area contributed by atoms with Crippen LogP contribution in [0.4, 0.5) is 0 Å². The smallest absolute Gasteiger partial charge is 0.136 e. The van der Waals surface area contributed by atoms with Crippen molar-refractivity contribution in [2.75, 3.05) is 0 Å². The Bertz CT molecular complexity index is 438. The summed E-state index contributed by atoms with van der Waals surface area (Å²) >= 11 is 0. The van der Waals surface area contributed by atoms with E-state index in [0.717, 1.165) is 31.4 Å². The van der Waals surface area contributed by atoms with Gasteiger partial charge in [0, 0.05) is 6.04 Å². The molecule has 4 unspecified atom stereocenters. The second-order valence-electron chi connectivity index (χ2n) is 5.89. The second kappa shape index (κ2) is 4.12. The topological polar surface area (TPSA) is 70.6 Å². The van der Waals surface area contributed by atoms with Crippen LogP contribution in [0, 0.1) is 11.3 Å². The maximum absolute atomic E-state index is 10.2. The molecule has 2 aliphatic carbocycles. The Balaban J connectivity index is 1.95. The average Bonchev–Trinajstić information content (AvgIpc) is 2.67. The molecule has 18 heavy (non-hydrogen) atoms. The first-order valence-electron chi connectivity index (χ1n) is 6.80. The van der Waals surface area contributed by atoms with Crippen molar-refractivity contribution in [1.82, 2.24) is 5.43 Å². The fraction of sp³-hybridized carbons (Fsp3) is 0.643. The molecule has 0 aromatic heterocycles. The Labute approximate surface area is 108 Å². The number of nitrogens with two attached hydrogens (primary N) is 1. The molecule has 0 saturated carbocycles. The highest BCUT2D eigenvalue weighted by Crippen LogP contribution is 2.47. The summed E-state index contributed by atoms with van der Waals surface area (Å²) in [6, 6.07) is 0.498. The van der Waals surface area contributed by atoms with Crippen LogP contribution in [0.15, 0.2) is 29.1 Å². The van der Waals surface area contributed by atoms with Crippen LogP contribution in [0.3, 0.4) is 0 Å². The van der Waals surface area contributed by atoms with Gasteiger partial charge in [-0.2, -0.15) is 5.10 Å². The number of nitrogens with zero attached hydrogens (tertiary/aromatic N) is 1. The van der Waals surface area contributed by atoms with Gasteiger partial charge in [-0.25, -0.2) is 0 Å². The molecule has 0 saturated heterocycles. The van der Waals surface area contributed by atoms with Crippen LogP contribution in [0.5, 0.6) is 0 Å². The molecule has 3 rings (SSSR count). The number of nitrogens with one attached hydrogen (secondary N) is 1. The number of hydrogen-bond acceptors (Lipinski definition) is 4. The van der Waals surface area contributed by atoms with Crippen LogP contribution in [0.1, 0.15) is 32.6 Å². The van der Waals surface area contributed by atoms with Crippen LogP contribution in [0.25, 0.3) is 0 Å². The van der Waals surface area contributed by atoms with Crippen LogP contribution in [-0.2, 0) is 0 Å². The number of hydrazone groups is 1. The lowest BCUT2D eigenvalue weighted by molar-refractivity contribution is 0.271. The normalized spacial score (nSPS) is 39.2. The summed E-state index contributed by atoms with van der Waals surface area (Å²) < 4.78 is 0. The molecule has 1 spiro atoms. The molecule has 4 N–H and O–H groups in total. The third kappa shape index (κ3) is 1.67. The third-order valence-electron chi connectivity index (χ3n) is 4.34. The summed E-state index contributed by atoms with van der Waals surface area (Å²) in [6.07, 6.45) is 10.5. The predicted octanol–water partition coefficient (Wildman–Crippen LogP) is 1.85. The van der Waals surface area contributed by atoms with E-state index < -0.39 is 0 Å². The molecule has 0 amide bonds. The molecular formula is C14H21N3O. The number of aliphatic hydroxyl groups excluding tert-OH is 1. The van der Waals surface area contributed by atoms with Crippen molar-refractivity contribution in [3.05, 3.63) is 24.0 Å². The van der Waals surface area contributed by atoms with Gasteiger partial charge in [0.1, 0.15) is 11.5 Å². The van der Waals surface area contributed by atoms with E-state index in [1.165, 1.54) is 0 Å². The molecule has 4 nitrogen and oxygen atoms in total. The van der Waals surface area contributed by atoms with Crippen LogP contribution in [0.2, 0.25) is 0 Å². The summed E-state index contributed by atoms with van der Waals surface area (Å²) in [5, 5.41) is 14.6. The summed E-state index contributed by atoms with van der Waals surface area (Å²) in [6.45, 7) is 2.02. The van der Waals surface area contributed by atoms with Gasteiger partial charge in [-0.3, -0.25) is 0 Å². The average molecular weight is 247 g/mol. The lowest BCUT2D eigenvalue weighted by Crippen LogP contribution is -2.46.